The van der Waals surface area contributed by atoms with Gasteiger partial charge in [-0.05, 0) is 6.92 Å². The number of halogens is 1. The molecule has 1 aliphatic rings. The second kappa shape index (κ2) is 6.73. The molecular formula is C10H16ClN3O2S3. The predicted molar refractivity (Wildman–Crippen MR) is 80.8 cm³/mol. The second-order valence-corrected chi connectivity index (χ2v) is 8.96. The van der Waals surface area contributed by atoms with E-state index in [9.17, 15) is 8.42 Å². The van der Waals surface area contributed by atoms with Crippen LogP contribution in [-0.4, -0.2) is 56.0 Å². The summed E-state index contributed by atoms with van der Waals surface area (Å²) in [5.74, 6) is 2.24. The first kappa shape index (κ1) is 15.5. The summed E-state index contributed by atoms with van der Waals surface area (Å²) in [5.41, 5.74) is 0.455. The van der Waals surface area contributed by atoms with E-state index in [1.165, 1.54) is 0 Å². The van der Waals surface area contributed by atoms with Crippen LogP contribution < -0.4 is 4.72 Å². The number of thiazole rings is 1. The van der Waals surface area contributed by atoms with Gasteiger partial charge in [-0.2, -0.15) is 11.8 Å². The number of aromatic nitrogens is 1. The molecule has 0 aliphatic carbocycles. The Balaban J connectivity index is 1.89. The number of aryl methyl sites for hydroxylation is 1. The number of sulfonamides is 1. The molecule has 19 heavy (non-hydrogen) atoms. The van der Waals surface area contributed by atoms with Crippen LogP contribution in [0.2, 0.25) is 4.47 Å². The molecule has 108 valence electrons. The lowest BCUT2D eigenvalue weighted by atomic mass is 10.5. The van der Waals surface area contributed by atoms with E-state index in [-0.39, 0.29) is 8.68 Å². The van der Waals surface area contributed by atoms with Crippen molar-refractivity contribution in [2.75, 3.05) is 37.7 Å². The van der Waals surface area contributed by atoms with Crippen LogP contribution >= 0.6 is 34.7 Å². The van der Waals surface area contributed by atoms with Crippen molar-refractivity contribution in [3.05, 3.63) is 10.2 Å². The van der Waals surface area contributed by atoms with Crippen LogP contribution in [0.3, 0.4) is 0 Å². The Kier molecular flexibility index (Phi) is 5.50. The number of hydrogen-bond acceptors (Lipinski definition) is 6. The standard InChI is InChI=1S/C10H16ClN3O2S3/c1-8-9(18-10(11)13-8)19(15,16)12-2-3-14-4-6-17-7-5-14/h12H,2-7H2,1H3. The van der Waals surface area contributed by atoms with Gasteiger partial charge in [-0.15, -0.1) is 0 Å². The summed E-state index contributed by atoms with van der Waals surface area (Å²) >= 11 is 8.66. The van der Waals surface area contributed by atoms with Crippen LogP contribution in [-0.2, 0) is 10.0 Å². The lowest BCUT2D eigenvalue weighted by molar-refractivity contribution is 0.307. The van der Waals surface area contributed by atoms with Gasteiger partial charge in [0, 0.05) is 37.7 Å². The van der Waals surface area contributed by atoms with Gasteiger partial charge in [0.1, 0.15) is 0 Å². The van der Waals surface area contributed by atoms with Crippen LogP contribution in [0.25, 0.3) is 0 Å². The largest absolute Gasteiger partial charge is 0.300 e. The Morgan fingerprint density at radius 1 is 1.42 bits per heavy atom. The van der Waals surface area contributed by atoms with Gasteiger partial charge < -0.3 is 4.90 Å². The Labute approximate surface area is 126 Å². The lowest BCUT2D eigenvalue weighted by Crippen LogP contribution is -2.39. The number of thioether (sulfide) groups is 1. The summed E-state index contributed by atoms with van der Waals surface area (Å²) in [5, 5.41) is 0. The van der Waals surface area contributed by atoms with Crippen molar-refractivity contribution in [3.8, 4) is 0 Å². The predicted octanol–water partition coefficient (Wildman–Crippen LogP) is 1.43. The minimum Gasteiger partial charge on any atom is -0.300 e. The first-order valence-corrected chi connectivity index (χ1v) is 9.75. The van der Waals surface area contributed by atoms with Gasteiger partial charge in [-0.25, -0.2) is 18.1 Å². The van der Waals surface area contributed by atoms with Gasteiger partial charge in [-0.3, -0.25) is 0 Å². The first-order chi connectivity index (χ1) is 8.99. The highest BCUT2D eigenvalue weighted by molar-refractivity contribution is 7.99. The Hall–Kier alpha value is 0.140. The first-order valence-electron chi connectivity index (χ1n) is 5.92. The molecule has 0 unspecified atom stereocenters. The molecule has 1 aliphatic heterocycles. The highest BCUT2D eigenvalue weighted by Gasteiger charge is 2.21. The van der Waals surface area contributed by atoms with E-state index in [0.717, 1.165) is 42.5 Å². The van der Waals surface area contributed by atoms with Gasteiger partial charge in [0.2, 0.25) is 0 Å². The molecule has 0 aromatic carbocycles. The molecule has 1 N–H and O–H groups in total. The molecule has 0 radical (unpaired) electrons. The van der Waals surface area contributed by atoms with E-state index in [0.29, 0.717) is 12.2 Å². The molecule has 0 saturated carbocycles. The summed E-state index contributed by atoms with van der Waals surface area (Å²) in [4.78, 5) is 6.20. The van der Waals surface area contributed by atoms with Gasteiger partial charge >= 0.3 is 0 Å². The third kappa shape index (κ3) is 4.30. The van der Waals surface area contributed by atoms with E-state index in [1.54, 1.807) is 6.92 Å². The number of nitrogens with one attached hydrogen (secondary N) is 1. The summed E-state index contributed by atoms with van der Waals surface area (Å²) in [7, 11) is -3.48. The molecule has 0 amide bonds. The molecule has 0 spiro atoms. The Morgan fingerprint density at radius 2 is 2.11 bits per heavy atom. The van der Waals surface area contributed by atoms with E-state index < -0.39 is 10.0 Å². The molecule has 2 rings (SSSR count). The molecule has 1 aromatic rings. The van der Waals surface area contributed by atoms with Crippen molar-refractivity contribution >= 4 is 44.7 Å². The quantitative estimate of drug-likeness (QED) is 0.878. The second-order valence-electron chi connectivity index (χ2n) is 4.19. The zero-order valence-corrected chi connectivity index (χ0v) is 13.8. The third-order valence-electron chi connectivity index (χ3n) is 2.80. The van der Waals surface area contributed by atoms with Crippen molar-refractivity contribution in [2.24, 2.45) is 0 Å². The summed E-state index contributed by atoms with van der Waals surface area (Å²) in [6.45, 7) is 4.86. The zero-order chi connectivity index (χ0) is 13.9. The molecular weight excluding hydrogens is 326 g/mol. The third-order valence-corrected chi connectivity index (χ3v) is 7.07. The van der Waals surface area contributed by atoms with E-state index in [4.69, 9.17) is 11.6 Å². The average Bonchev–Trinajstić information content (AvgIpc) is 2.70. The number of hydrogen-bond donors (Lipinski definition) is 1. The van der Waals surface area contributed by atoms with Crippen LogP contribution in [0.15, 0.2) is 4.21 Å². The summed E-state index contributed by atoms with van der Waals surface area (Å²) in [6, 6.07) is 0. The van der Waals surface area contributed by atoms with E-state index in [1.807, 2.05) is 11.8 Å². The zero-order valence-electron chi connectivity index (χ0n) is 10.6. The van der Waals surface area contributed by atoms with E-state index >= 15 is 0 Å². The van der Waals surface area contributed by atoms with Crippen LogP contribution in [0.1, 0.15) is 5.69 Å². The Morgan fingerprint density at radius 3 is 2.68 bits per heavy atom. The van der Waals surface area contributed by atoms with Crippen LogP contribution in [0.4, 0.5) is 0 Å². The van der Waals surface area contributed by atoms with Crippen molar-refractivity contribution in [2.45, 2.75) is 11.1 Å². The van der Waals surface area contributed by atoms with Gasteiger partial charge in [0.25, 0.3) is 10.0 Å². The van der Waals surface area contributed by atoms with Crippen LogP contribution in [0, 0.1) is 6.92 Å². The maximum Gasteiger partial charge on any atom is 0.252 e. The molecule has 0 atom stereocenters. The summed E-state index contributed by atoms with van der Waals surface area (Å²) in [6.07, 6.45) is 0. The van der Waals surface area contributed by atoms with Crippen molar-refractivity contribution in [1.29, 1.82) is 0 Å². The molecule has 0 bridgehead atoms. The van der Waals surface area contributed by atoms with Gasteiger partial charge in [0.05, 0.1) is 5.69 Å². The van der Waals surface area contributed by atoms with Crippen LogP contribution in [0.5, 0.6) is 0 Å². The minimum atomic E-state index is -3.48. The molecule has 1 saturated heterocycles. The summed E-state index contributed by atoms with van der Waals surface area (Å²) < 4.78 is 27.3. The maximum atomic E-state index is 12.1. The minimum absolute atomic E-state index is 0.215. The maximum absolute atomic E-state index is 12.1. The highest BCUT2D eigenvalue weighted by atomic mass is 35.5. The lowest BCUT2D eigenvalue weighted by Gasteiger charge is -2.25. The molecule has 9 heteroatoms. The number of nitrogens with zero attached hydrogens (tertiary/aromatic N) is 2. The van der Waals surface area contributed by atoms with Crippen molar-refractivity contribution in [1.82, 2.24) is 14.6 Å². The average molecular weight is 342 g/mol. The van der Waals surface area contributed by atoms with Gasteiger partial charge in [-0.1, -0.05) is 22.9 Å². The monoisotopic (exact) mass is 341 g/mol. The normalized spacial score (nSPS) is 17.8. The Bertz CT molecular complexity index is 526. The fourth-order valence-electron chi connectivity index (χ4n) is 1.83. The molecule has 1 fully saturated rings. The van der Waals surface area contributed by atoms with Crippen molar-refractivity contribution < 1.29 is 8.42 Å². The fourth-order valence-corrected chi connectivity index (χ4v) is 5.61. The molecule has 1 aromatic heterocycles. The fraction of sp³-hybridized carbons (Fsp3) is 0.700. The van der Waals surface area contributed by atoms with Crippen molar-refractivity contribution in [3.63, 3.8) is 0 Å². The SMILES string of the molecule is Cc1nc(Cl)sc1S(=O)(=O)NCCN1CCSCC1. The highest BCUT2D eigenvalue weighted by Crippen LogP contribution is 2.26. The molecule has 5 nitrogen and oxygen atoms in total. The van der Waals surface area contributed by atoms with Gasteiger partial charge in [0.15, 0.2) is 8.68 Å². The molecule has 2 heterocycles. The smallest absolute Gasteiger partial charge is 0.252 e. The topological polar surface area (TPSA) is 62.3 Å². The number of rotatable bonds is 5. The van der Waals surface area contributed by atoms with E-state index in [2.05, 4.69) is 14.6 Å².